The molecule has 2 aromatic rings. The van der Waals surface area contributed by atoms with E-state index in [-0.39, 0.29) is 11.7 Å². The number of amides is 1. The number of aryl methyl sites for hydroxylation is 1. The molecule has 1 aliphatic carbocycles. The van der Waals surface area contributed by atoms with E-state index in [1.165, 1.54) is 0 Å². The van der Waals surface area contributed by atoms with Gasteiger partial charge in [-0.15, -0.1) is 0 Å². The predicted octanol–water partition coefficient (Wildman–Crippen LogP) is 2.69. The van der Waals surface area contributed by atoms with E-state index in [4.69, 9.17) is 0 Å². The highest BCUT2D eigenvalue weighted by atomic mass is 16.3. The lowest BCUT2D eigenvalue weighted by molar-refractivity contribution is -0.140. The molecule has 2 atom stereocenters. The van der Waals surface area contributed by atoms with E-state index in [0.717, 1.165) is 5.56 Å². The quantitative estimate of drug-likeness (QED) is 0.925. The lowest BCUT2D eigenvalue weighted by Gasteiger charge is -2.34. The Morgan fingerprint density at radius 3 is 2.62 bits per heavy atom. The number of carbonyl (C=O) groups is 2. The van der Waals surface area contributed by atoms with E-state index >= 15 is 0 Å². The number of carbonyl (C=O) groups excluding carboxylic acids is 2. The maximum absolute atomic E-state index is 13.0. The Morgan fingerprint density at radius 2 is 1.83 bits per heavy atom. The highest BCUT2D eigenvalue weighted by Gasteiger charge is 2.57. The first kappa shape index (κ1) is 15.1. The fraction of sp³-hybridized carbons (Fsp3) is 0.300. The number of ketones is 1. The Kier molecular flexibility index (Phi) is 3.32. The minimum Gasteiger partial charge on any atom is -0.375 e. The van der Waals surface area contributed by atoms with Gasteiger partial charge in [0.25, 0.3) is 5.91 Å². The van der Waals surface area contributed by atoms with Crippen molar-refractivity contribution >= 4 is 17.4 Å². The maximum Gasteiger partial charge on any atom is 0.264 e. The van der Waals surface area contributed by atoms with Crippen LogP contribution in [0.25, 0.3) is 0 Å². The van der Waals surface area contributed by atoms with Gasteiger partial charge in [-0.05, 0) is 31.4 Å². The molecule has 0 saturated heterocycles. The van der Waals surface area contributed by atoms with E-state index in [9.17, 15) is 14.7 Å². The number of aliphatic hydroxyl groups is 1. The molecule has 2 unspecified atom stereocenters. The molecule has 0 bridgehead atoms. The number of nitrogens with zero attached hydrogens (tertiary/aromatic N) is 1. The molecule has 0 radical (unpaired) electrons. The fourth-order valence-electron chi connectivity index (χ4n) is 4.11. The van der Waals surface area contributed by atoms with Gasteiger partial charge in [-0.25, -0.2) is 0 Å². The van der Waals surface area contributed by atoms with Gasteiger partial charge in [-0.3, -0.25) is 9.59 Å². The largest absolute Gasteiger partial charge is 0.375 e. The van der Waals surface area contributed by atoms with Crippen LogP contribution in [0.5, 0.6) is 0 Å². The number of hydrogen-bond acceptors (Lipinski definition) is 3. The second-order valence-corrected chi connectivity index (χ2v) is 6.45. The molecular formula is C20H19NO3. The molecule has 24 heavy (non-hydrogen) atoms. The van der Waals surface area contributed by atoms with Gasteiger partial charge < -0.3 is 10.0 Å². The van der Waals surface area contributed by atoms with Crippen molar-refractivity contribution in [3.05, 3.63) is 65.2 Å². The lowest BCUT2D eigenvalue weighted by atomic mass is 9.71. The van der Waals surface area contributed by atoms with Gasteiger partial charge >= 0.3 is 0 Å². The monoisotopic (exact) mass is 321 g/mol. The highest BCUT2D eigenvalue weighted by molar-refractivity contribution is 6.12. The van der Waals surface area contributed by atoms with Gasteiger partial charge in [0.05, 0.1) is 11.6 Å². The Bertz CT molecular complexity index is 844. The van der Waals surface area contributed by atoms with Crippen molar-refractivity contribution in [3.8, 4) is 0 Å². The third-order valence-electron chi connectivity index (χ3n) is 5.30. The van der Waals surface area contributed by atoms with Gasteiger partial charge in [0.2, 0.25) is 0 Å². The number of Topliss-reactive ketones (excluding diaryl/α,β-unsaturated/α-hetero) is 1. The molecule has 4 rings (SSSR count). The third-order valence-corrected chi connectivity index (χ3v) is 5.30. The Balaban J connectivity index is 1.85. The van der Waals surface area contributed by atoms with Crippen molar-refractivity contribution < 1.29 is 14.7 Å². The molecule has 4 heteroatoms. The molecule has 1 N–H and O–H groups in total. The normalized spacial score (nSPS) is 25.6. The van der Waals surface area contributed by atoms with Crippen molar-refractivity contribution in [1.82, 2.24) is 0 Å². The molecule has 0 aromatic heterocycles. The van der Waals surface area contributed by atoms with E-state index in [2.05, 4.69) is 0 Å². The van der Waals surface area contributed by atoms with E-state index in [1.54, 1.807) is 23.1 Å². The van der Waals surface area contributed by atoms with Crippen molar-refractivity contribution in [2.45, 2.75) is 25.4 Å². The topological polar surface area (TPSA) is 57.6 Å². The summed E-state index contributed by atoms with van der Waals surface area (Å²) in [4.78, 5) is 27.6. The summed E-state index contributed by atoms with van der Waals surface area (Å²) in [5.41, 5.74) is 1.11. The zero-order valence-electron chi connectivity index (χ0n) is 13.5. The standard InChI is InChI=1S/C20H19NO3/c1-2-21-17-10-6-5-9-15(17)20(24,19(21)23)16-12-11-13-7-3-4-8-14(13)18(16)22/h3-10,16,24H,2,11-12H2,1H3. The summed E-state index contributed by atoms with van der Waals surface area (Å²) in [6.45, 7) is 2.34. The molecule has 1 amide bonds. The van der Waals surface area contributed by atoms with Crippen molar-refractivity contribution in [1.29, 1.82) is 0 Å². The first-order valence-corrected chi connectivity index (χ1v) is 8.35. The average Bonchev–Trinajstić information content (AvgIpc) is 2.84. The summed E-state index contributed by atoms with van der Waals surface area (Å²) < 4.78 is 0. The van der Waals surface area contributed by atoms with E-state index < -0.39 is 11.5 Å². The van der Waals surface area contributed by atoms with Crippen molar-refractivity contribution in [3.63, 3.8) is 0 Å². The number of rotatable bonds is 2. The molecule has 0 fully saturated rings. The molecular weight excluding hydrogens is 302 g/mol. The number of anilines is 1. The first-order chi connectivity index (χ1) is 11.6. The Labute approximate surface area is 140 Å². The zero-order chi connectivity index (χ0) is 16.9. The minimum atomic E-state index is -1.77. The molecule has 2 aliphatic rings. The summed E-state index contributed by atoms with van der Waals surface area (Å²) in [6, 6.07) is 14.7. The molecule has 1 aliphatic heterocycles. The van der Waals surface area contributed by atoms with Crippen LogP contribution in [0.4, 0.5) is 5.69 Å². The van der Waals surface area contributed by atoms with Crippen LogP contribution in [0, 0.1) is 5.92 Å². The fourth-order valence-corrected chi connectivity index (χ4v) is 4.11. The van der Waals surface area contributed by atoms with E-state index in [0.29, 0.717) is 36.2 Å². The number of para-hydroxylation sites is 1. The Hall–Kier alpha value is -2.46. The summed E-state index contributed by atoms with van der Waals surface area (Å²) >= 11 is 0. The molecule has 0 spiro atoms. The van der Waals surface area contributed by atoms with Crippen LogP contribution in [0.1, 0.15) is 34.8 Å². The third kappa shape index (κ3) is 1.83. The predicted molar refractivity (Wildman–Crippen MR) is 90.9 cm³/mol. The second-order valence-electron chi connectivity index (χ2n) is 6.45. The minimum absolute atomic E-state index is 0.138. The SMILES string of the molecule is CCN1C(=O)C(O)(C2CCc3ccccc3C2=O)c2ccccc21. The average molecular weight is 321 g/mol. The van der Waals surface area contributed by atoms with Crippen LogP contribution in [0.15, 0.2) is 48.5 Å². The summed E-state index contributed by atoms with van der Waals surface area (Å²) in [7, 11) is 0. The zero-order valence-corrected chi connectivity index (χ0v) is 13.5. The summed E-state index contributed by atoms with van der Waals surface area (Å²) in [6.07, 6.45) is 1.17. The summed E-state index contributed by atoms with van der Waals surface area (Å²) in [5, 5.41) is 11.4. The Morgan fingerprint density at radius 1 is 1.12 bits per heavy atom. The van der Waals surface area contributed by atoms with Crippen LogP contribution in [-0.2, 0) is 16.8 Å². The molecule has 2 aromatic carbocycles. The van der Waals surface area contributed by atoms with Crippen LogP contribution in [0.2, 0.25) is 0 Å². The molecule has 1 heterocycles. The maximum atomic E-state index is 13.0. The number of hydrogen-bond donors (Lipinski definition) is 1. The number of benzene rings is 2. The van der Waals surface area contributed by atoms with Crippen LogP contribution >= 0.6 is 0 Å². The van der Waals surface area contributed by atoms with Crippen molar-refractivity contribution in [2.75, 3.05) is 11.4 Å². The highest BCUT2D eigenvalue weighted by Crippen LogP contribution is 2.48. The number of fused-ring (bicyclic) bond motifs is 2. The van der Waals surface area contributed by atoms with E-state index in [1.807, 2.05) is 37.3 Å². The van der Waals surface area contributed by atoms with Crippen LogP contribution in [-0.4, -0.2) is 23.3 Å². The first-order valence-electron chi connectivity index (χ1n) is 8.35. The van der Waals surface area contributed by atoms with Gasteiger partial charge in [0.15, 0.2) is 11.4 Å². The second kappa shape index (κ2) is 5.28. The van der Waals surface area contributed by atoms with Crippen LogP contribution in [0.3, 0.4) is 0 Å². The van der Waals surface area contributed by atoms with Gasteiger partial charge in [-0.1, -0.05) is 42.5 Å². The van der Waals surface area contributed by atoms with Gasteiger partial charge in [-0.2, -0.15) is 0 Å². The lowest BCUT2D eigenvalue weighted by Crippen LogP contribution is -2.49. The number of likely N-dealkylation sites (N-methyl/N-ethyl adjacent to an activating group) is 1. The van der Waals surface area contributed by atoms with Gasteiger partial charge in [0, 0.05) is 17.7 Å². The van der Waals surface area contributed by atoms with Crippen LogP contribution < -0.4 is 4.90 Å². The molecule has 122 valence electrons. The van der Waals surface area contributed by atoms with Gasteiger partial charge in [0.1, 0.15) is 0 Å². The van der Waals surface area contributed by atoms with Crippen molar-refractivity contribution in [2.24, 2.45) is 5.92 Å². The smallest absolute Gasteiger partial charge is 0.264 e. The summed E-state index contributed by atoms with van der Waals surface area (Å²) in [5.74, 6) is -1.26. The molecule has 4 nitrogen and oxygen atoms in total. The molecule has 0 saturated carbocycles.